The highest BCUT2D eigenvalue weighted by molar-refractivity contribution is 5.29. The molecule has 4 heteroatoms. The van der Waals surface area contributed by atoms with Crippen LogP contribution in [-0.2, 0) is 6.54 Å². The molecule has 2 fully saturated rings. The van der Waals surface area contributed by atoms with E-state index in [4.69, 9.17) is 4.74 Å². The van der Waals surface area contributed by atoms with Crippen LogP contribution in [0.2, 0.25) is 0 Å². The van der Waals surface area contributed by atoms with Gasteiger partial charge in [0.1, 0.15) is 18.5 Å². The summed E-state index contributed by atoms with van der Waals surface area (Å²) in [4.78, 5) is 4.84. The first-order chi connectivity index (χ1) is 14.8. The van der Waals surface area contributed by atoms with Crippen molar-refractivity contribution in [2.75, 3.05) is 39.3 Å². The third-order valence-electron chi connectivity index (χ3n) is 6.58. The summed E-state index contributed by atoms with van der Waals surface area (Å²) in [5, 5.41) is 10.4. The van der Waals surface area contributed by atoms with E-state index < -0.39 is 6.10 Å². The summed E-state index contributed by atoms with van der Waals surface area (Å²) >= 11 is 0. The fourth-order valence-corrected chi connectivity index (χ4v) is 4.79. The molecular weight excluding hydrogens is 372 g/mol. The number of hydrogen-bond donors (Lipinski definition) is 1. The third kappa shape index (κ3) is 6.31. The first-order valence-electron chi connectivity index (χ1n) is 11.7. The lowest BCUT2D eigenvalue weighted by Crippen LogP contribution is -2.48. The topological polar surface area (TPSA) is 35.9 Å². The molecule has 4 nitrogen and oxygen atoms in total. The van der Waals surface area contributed by atoms with Crippen LogP contribution in [0.25, 0.3) is 0 Å². The molecule has 1 N–H and O–H groups in total. The minimum absolute atomic E-state index is 0.354. The summed E-state index contributed by atoms with van der Waals surface area (Å²) in [7, 11) is 0. The number of rotatable bonds is 8. The monoisotopic (exact) mass is 408 g/mol. The predicted molar refractivity (Wildman–Crippen MR) is 122 cm³/mol. The van der Waals surface area contributed by atoms with E-state index in [1.165, 1.54) is 43.2 Å². The van der Waals surface area contributed by atoms with E-state index in [2.05, 4.69) is 64.4 Å². The Morgan fingerprint density at radius 3 is 2.20 bits per heavy atom. The fourth-order valence-electron chi connectivity index (χ4n) is 4.79. The summed E-state index contributed by atoms with van der Waals surface area (Å²) in [6, 6.07) is 19.2. The van der Waals surface area contributed by atoms with E-state index >= 15 is 0 Å². The second-order valence-electron chi connectivity index (χ2n) is 8.93. The molecule has 1 atom stereocenters. The lowest BCUT2D eigenvalue weighted by atomic mass is 9.84. The second kappa shape index (κ2) is 10.9. The number of hydrogen-bond acceptors (Lipinski definition) is 4. The van der Waals surface area contributed by atoms with Gasteiger partial charge in [0.05, 0.1) is 0 Å². The van der Waals surface area contributed by atoms with Crippen LogP contribution >= 0.6 is 0 Å². The van der Waals surface area contributed by atoms with E-state index in [1.54, 1.807) is 0 Å². The second-order valence-corrected chi connectivity index (χ2v) is 8.93. The molecule has 0 aromatic heterocycles. The maximum atomic E-state index is 10.4. The minimum Gasteiger partial charge on any atom is -0.491 e. The van der Waals surface area contributed by atoms with Crippen molar-refractivity contribution in [3.8, 4) is 5.75 Å². The molecule has 0 amide bonds. The van der Waals surface area contributed by atoms with Crippen LogP contribution in [0, 0.1) is 0 Å². The molecule has 2 aromatic carbocycles. The smallest absolute Gasteiger partial charge is 0.119 e. The van der Waals surface area contributed by atoms with Crippen LogP contribution in [0.5, 0.6) is 5.75 Å². The van der Waals surface area contributed by atoms with Crippen molar-refractivity contribution in [2.24, 2.45) is 0 Å². The van der Waals surface area contributed by atoms with Gasteiger partial charge in [0, 0.05) is 39.3 Å². The Morgan fingerprint density at radius 2 is 1.50 bits per heavy atom. The van der Waals surface area contributed by atoms with Crippen LogP contribution < -0.4 is 4.74 Å². The molecule has 162 valence electrons. The number of benzene rings is 2. The van der Waals surface area contributed by atoms with Gasteiger partial charge in [0.15, 0.2) is 0 Å². The average molecular weight is 409 g/mol. The number of nitrogens with zero attached hydrogens (tertiary/aromatic N) is 2. The minimum atomic E-state index is -0.455. The zero-order valence-corrected chi connectivity index (χ0v) is 18.1. The Balaban J connectivity index is 1.15. The maximum absolute atomic E-state index is 10.4. The highest BCUT2D eigenvalue weighted by atomic mass is 16.5. The molecule has 1 saturated carbocycles. The maximum Gasteiger partial charge on any atom is 0.119 e. The molecular formula is C26H36N2O2. The van der Waals surface area contributed by atoms with Crippen molar-refractivity contribution in [3.05, 3.63) is 65.7 Å². The van der Waals surface area contributed by atoms with E-state index in [0.717, 1.165) is 44.4 Å². The first-order valence-corrected chi connectivity index (χ1v) is 11.7. The molecule has 0 radical (unpaired) electrons. The number of β-amino-alcohol motifs (C(OH)–C–C–N with tert-alkyl or cyclic N) is 1. The van der Waals surface area contributed by atoms with Crippen LogP contribution in [-0.4, -0.2) is 60.3 Å². The molecule has 0 bridgehead atoms. The van der Waals surface area contributed by atoms with E-state index in [0.29, 0.717) is 13.2 Å². The Labute approximate surface area is 181 Å². The van der Waals surface area contributed by atoms with E-state index in [1.807, 2.05) is 0 Å². The number of aliphatic hydroxyl groups is 1. The molecule has 30 heavy (non-hydrogen) atoms. The van der Waals surface area contributed by atoms with Gasteiger partial charge in [-0.15, -0.1) is 0 Å². The molecule has 2 aliphatic rings. The van der Waals surface area contributed by atoms with Gasteiger partial charge in [-0.2, -0.15) is 0 Å². The first kappa shape index (κ1) is 21.4. The van der Waals surface area contributed by atoms with Crippen LogP contribution in [0.1, 0.15) is 49.1 Å². The number of aliphatic hydroxyl groups excluding tert-OH is 1. The quantitative estimate of drug-likeness (QED) is 0.707. The van der Waals surface area contributed by atoms with Crippen molar-refractivity contribution < 1.29 is 9.84 Å². The van der Waals surface area contributed by atoms with Gasteiger partial charge in [0.2, 0.25) is 0 Å². The van der Waals surface area contributed by atoms with Gasteiger partial charge in [-0.1, -0.05) is 61.7 Å². The van der Waals surface area contributed by atoms with Crippen LogP contribution in [0.15, 0.2) is 54.6 Å². The van der Waals surface area contributed by atoms with Crippen molar-refractivity contribution in [3.63, 3.8) is 0 Å². The van der Waals surface area contributed by atoms with Gasteiger partial charge in [-0.3, -0.25) is 9.80 Å². The molecule has 1 aliphatic carbocycles. The van der Waals surface area contributed by atoms with Gasteiger partial charge >= 0.3 is 0 Å². The van der Waals surface area contributed by atoms with Gasteiger partial charge in [-0.25, -0.2) is 0 Å². The summed E-state index contributed by atoms with van der Waals surface area (Å²) in [6.07, 6.45) is 6.28. The summed E-state index contributed by atoms with van der Waals surface area (Å²) < 4.78 is 5.86. The summed E-state index contributed by atoms with van der Waals surface area (Å²) in [5.41, 5.74) is 2.81. The molecule has 0 spiro atoms. The zero-order chi connectivity index (χ0) is 20.6. The van der Waals surface area contributed by atoms with Crippen LogP contribution in [0.4, 0.5) is 0 Å². The van der Waals surface area contributed by atoms with Gasteiger partial charge in [-0.05, 0) is 42.0 Å². The summed E-state index contributed by atoms with van der Waals surface area (Å²) in [5.74, 6) is 1.58. The number of ether oxygens (including phenoxy) is 1. The van der Waals surface area contributed by atoms with Gasteiger partial charge in [0.25, 0.3) is 0 Å². The highest BCUT2D eigenvalue weighted by Gasteiger charge is 2.20. The predicted octanol–water partition coefficient (Wildman–Crippen LogP) is 4.29. The Kier molecular flexibility index (Phi) is 7.79. The van der Waals surface area contributed by atoms with Crippen LogP contribution in [0.3, 0.4) is 0 Å². The van der Waals surface area contributed by atoms with Crippen molar-refractivity contribution in [2.45, 2.75) is 50.7 Å². The number of piperazine rings is 1. The average Bonchev–Trinajstić information content (AvgIpc) is 2.81. The van der Waals surface area contributed by atoms with E-state index in [-0.39, 0.29) is 0 Å². The molecule has 1 aliphatic heterocycles. The zero-order valence-electron chi connectivity index (χ0n) is 18.1. The normalized spacial score (nSPS) is 20.2. The lowest BCUT2D eigenvalue weighted by Gasteiger charge is -2.35. The Morgan fingerprint density at radius 1 is 0.833 bits per heavy atom. The SMILES string of the molecule is OC(COc1ccc(C2CCCCC2)cc1)CN1CCN(Cc2ccccc2)CC1. The highest BCUT2D eigenvalue weighted by Crippen LogP contribution is 2.33. The largest absolute Gasteiger partial charge is 0.491 e. The fraction of sp³-hybridized carbons (Fsp3) is 0.538. The molecule has 1 heterocycles. The Hall–Kier alpha value is -1.88. The molecule has 4 rings (SSSR count). The molecule has 1 unspecified atom stereocenters. The van der Waals surface area contributed by atoms with Crippen molar-refractivity contribution >= 4 is 0 Å². The Bertz CT molecular complexity index is 735. The van der Waals surface area contributed by atoms with E-state index in [9.17, 15) is 5.11 Å². The molecule has 2 aromatic rings. The molecule has 1 saturated heterocycles. The van der Waals surface area contributed by atoms with Crippen molar-refractivity contribution in [1.82, 2.24) is 9.80 Å². The lowest BCUT2D eigenvalue weighted by molar-refractivity contribution is 0.0446. The standard InChI is InChI=1S/C26H36N2O2/c29-25(20-28-17-15-27(16-18-28)19-22-7-3-1-4-8-22)21-30-26-13-11-24(12-14-26)23-9-5-2-6-10-23/h1,3-4,7-8,11-14,23,25,29H,2,5-6,9-10,15-21H2. The van der Waals surface area contributed by atoms with Gasteiger partial charge < -0.3 is 9.84 Å². The summed E-state index contributed by atoms with van der Waals surface area (Å²) in [6.45, 7) is 6.14. The van der Waals surface area contributed by atoms with Crippen molar-refractivity contribution in [1.29, 1.82) is 0 Å². The third-order valence-corrected chi connectivity index (χ3v) is 6.58.